The van der Waals surface area contributed by atoms with Crippen molar-refractivity contribution in [1.82, 2.24) is 0 Å². The van der Waals surface area contributed by atoms with E-state index in [1.807, 2.05) is 36.4 Å². The molecule has 0 saturated carbocycles. The monoisotopic (exact) mass is 402 g/mol. The minimum absolute atomic E-state index is 0.189. The predicted octanol–water partition coefficient (Wildman–Crippen LogP) is 4.78. The predicted molar refractivity (Wildman–Crippen MR) is 102 cm³/mol. The third kappa shape index (κ3) is 6.12. The van der Waals surface area contributed by atoms with Gasteiger partial charge in [0.15, 0.2) is 11.5 Å². The van der Waals surface area contributed by atoms with Crippen LogP contribution in [0, 0.1) is 0 Å². The van der Waals surface area contributed by atoms with Gasteiger partial charge in [0.05, 0.1) is 7.11 Å². The van der Waals surface area contributed by atoms with Crippen molar-refractivity contribution in [1.29, 1.82) is 0 Å². The first-order valence-electron chi connectivity index (χ1n) is 7.63. The van der Waals surface area contributed by atoms with E-state index in [2.05, 4.69) is 22.5 Å². The first kappa shape index (κ1) is 18.8. The Hall–Kier alpha value is -2.53. The van der Waals surface area contributed by atoms with E-state index >= 15 is 0 Å². The fraction of sp³-hybridized carbons (Fsp3) is 0.150. The number of carbonyl (C=O) groups excluding carboxylic acids is 1. The third-order valence-corrected chi connectivity index (χ3v) is 3.72. The molecule has 4 nitrogen and oxygen atoms in total. The highest BCUT2D eigenvalue weighted by molar-refractivity contribution is 9.10. The number of hydrogen-bond donors (Lipinski definition) is 0. The van der Waals surface area contributed by atoms with Crippen LogP contribution in [0.25, 0.3) is 6.08 Å². The molecule has 0 aromatic heterocycles. The summed E-state index contributed by atoms with van der Waals surface area (Å²) in [6.07, 6.45) is 4.54. The van der Waals surface area contributed by atoms with Crippen LogP contribution >= 0.6 is 15.9 Å². The molecule has 2 aromatic carbocycles. The van der Waals surface area contributed by atoms with Crippen LogP contribution in [-0.2, 0) is 16.1 Å². The van der Waals surface area contributed by atoms with E-state index < -0.39 is 5.97 Å². The molecule has 25 heavy (non-hydrogen) atoms. The Bertz CT molecular complexity index is 768. The van der Waals surface area contributed by atoms with Gasteiger partial charge in [-0.05, 0) is 41.5 Å². The van der Waals surface area contributed by atoms with E-state index in [9.17, 15) is 4.79 Å². The highest BCUT2D eigenvalue weighted by Gasteiger charge is 2.06. The molecule has 0 saturated heterocycles. The summed E-state index contributed by atoms with van der Waals surface area (Å²) >= 11 is 3.44. The quantitative estimate of drug-likeness (QED) is 0.362. The van der Waals surface area contributed by atoms with Crippen molar-refractivity contribution < 1.29 is 19.0 Å². The lowest BCUT2D eigenvalue weighted by Gasteiger charge is -2.11. The Morgan fingerprint density at radius 2 is 2.04 bits per heavy atom. The van der Waals surface area contributed by atoms with Crippen molar-refractivity contribution in [3.05, 3.63) is 76.8 Å². The van der Waals surface area contributed by atoms with Gasteiger partial charge in [0.25, 0.3) is 0 Å². The number of ether oxygens (including phenoxy) is 3. The van der Waals surface area contributed by atoms with Gasteiger partial charge < -0.3 is 14.2 Å². The molecule has 0 unspecified atom stereocenters. The van der Waals surface area contributed by atoms with Gasteiger partial charge in [0, 0.05) is 10.5 Å². The Labute approximate surface area is 155 Å². The summed E-state index contributed by atoms with van der Waals surface area (Å²) < 4.78 is 17.1. The highest BCUT2D eigenvalue weighted by Crippen LogP contribution is 2.29. The lowest BCUT2D eigenvalue weighted by Crippen LogP contribution is -2.00. The molecule has 0 heterocycles. The molecule has 0 aliphatic carbocycles. The van der Waals surface area contributed by atoms with Gasteiger partial charge in [-0.2, -0.15) is 0 Å². The zero-order valence-electron chi connectivity index (χ0n) is 13.9. The van der Waals surface area contributed by atoms with Crippen molar-refractivity contribution in [2.45, 2.75) is 6.61 Å². The summed E-state index contributed by atoms with van der Waals surface area (Å²) in [5, 5.41) is 0. The van der Waals surface area contributed by atoms with Crippen LogP contribution in [0.5, 0.6) is 11.5 Å². The van der Waals surface area contributed by atoms with Gasteiger partial charge in [-0.3, -0.25) is 0 Å². The smallest absolute Gasteiger partial charge is 0.331 e. The largest absolute Gasteiger partial charge is 0.493 e. The van der Waals surface area contributed by atoms with Gasteiger partial charge in [-0.15, -0.1) is 0 Å². The average Bonchev–Trinajstić information content (AvgIpc) is 2.63. The second-order valence-electron chi connectivity index (χ2n) is 5.08. The van der Waals surface area contributed by atoms with E-state index in [0.29, 0.717) is 18.1 Å². The summed E-state index contributed by atoms with van der Waals surface area (Å²) in [6, 6.07) is 13.4. The van der Waals surface area contributed by atoms with E-state index in [-0.39, 0.29) is 6.61 Å². The maximum atomic E-state index is 11.5. The number of halogens is 1. The van der Waals surface area contributed by atoms with Crippen LogP contribution in [0.15, 0.2) is 65.7 Å². The summed E-state index contributed by atoms with van der Waals surface area (Å²) in [5.74, 6) is 0.805. The maximum Gasteiger partial charge on any atom is 0.331 e. The second kappa shape index (κ2) is 9.69. The number of hydrogen-bond acceptors (Lipinski definition) is 4. The van der Waals surface area contributed by atoms with Crippen LogP contribution < -0.4 is 9.47 Å². The SMILES string of the molecule is C=CCOC(=O)/C=C/c1ccc(OCc2cccc(Br)c2)c(OC)c1. The molecule has 0 N–H and O–H groups in total. The van der Waals surface area contributed by atoms with Crippen LogP contribution in [0.2, 0.25) is 0 Å². The molecule has 2 rings (SSSR count). The Kier molecular flexibility index (Phi) is 7.29. The van der Waals surface area contributed by atoms with Crippen molar-refractivity contribution in [2.75, 3.05) is 13.7 Å². The second-order valence-corrected chi connectivity index (χ2v) is 6.00. The lowest BCUT2D eigenvalue weighted by molar-refractivity contribution is -0.136. The Morgan fingerprint density at radius 1 is 1.20 bits per heavy atom. The number of esters is 1. The zero-order valence-corrected chi connectivity index (χ0v) is 15.5. The van der Waals surface area contributed by atoms with Gasteiger partial charge >= 0.3 is 5.97 Å². The minimum atomic E-state index is -0.422. The van der Waals surface area contributed by atoms with Crippen molar-refractivity contribution >= 4 is 28.0 Å². The molecular weight excluding hydrogens is 384 g/mol. The van der Waals surface area contributed by atoms with E-state index in [1.54, 1.807) is 19.3 Å². The number of carbonyl (C=O) groups is 1. The molecule has 0 amide bonds. The molecule has 0 spiro atoms. The molecule has 130 valence electrons. The van der Waals surface area contributed by atoms with Crippen LogP contribution in [-0.4, -0.2) is 19.7 Å². The number of benzene rings is 2. The first-order valence-corrected chi connectivity index (χ1v) is 8.42. The van der Waals surface area contributed by atoms with Crippen LogP contribution in [0.1, 0.15) is 11.1 Å². The fourth-order valence-electron chi connectivity index (χ4n) is 2.05. The summed E-state index contributed by atoms with van der Waals surface area (Å²) in [4.78, 5) is 11.5. The normalized spacial score (nSPS) is 10.5. The van der Waals surface area contributed by atoms with Crippen molar-refractivity contribution in [3.8, 4) is 11.5 Å². The Balaban J connectivity index is 2.04. The van der Waals surface area contributed by atoms with Gasteiger partial charge in [0.1, 0.15) is 13.2 Å². The molecular formula is C20H19BrO4. The minimum Gasteiger partial charge on any atom is -0.493 e. The molecule has 0 radical (unpaired) electrons. The fourth-order valence-corrected chi connectivity index (χ4v) is 2.50. The van der Waals surface area contributed by atoms with Crippen molar-refractivity contribution in [3.63, 3.8) is 0 Å². The standard InChI is InChI=1S/C20H19BrO4/c1-3-11-24-20(22)10-8-15-7-9-18(19(13-15)23-2)25-14-16-5-4-6-17(21)12-16/h3-10,12-13H,1,11,14H2,2H3/b10-8+. The molecule has 0 atom stereocenters. The van der Waals surface area contributed by atoms with Gasteiger partial charge in [-0.25, -0.2) is 4.79 Å². The number of methoxy groups -OCH3 is 1. The van der Waals surface area contributed by atoms with Crippen molar-refractivity contribution in [2.24, 2.45) is 0 Å². The maximum absolute atomic E-state index is 11.5. The van der Waals surface area contributed by atoms with Crippen LogP contribution in [0.4, 0.5) is 0 Å². The van der Waals surface area contributed by atoms with E-state index in [1.165, 1.54) is 12.2 Å². The highest BCUT2D eigenvalue weighted by atomic mass is 79.9. The molecule has 0 bridgehead atoms. The molecule has 2 aromatic rings. The van der Waals surface area contributed by atoms with Crippen LogP contribution in [0.3, 0.4) is 0 Å². The van der Waals surface area contributed by atoms with Gasteiger partial charge in [-0.1, -0.05) is 46.8 Å². The van der Waals surface area contributed by atoms with E-state index in [4.69, 9.17) is 14.2 Å². The lowest BCUT2D eigenvalue weighted by atomic mass is 10.2. The van der Waals surface area contributed by atoms with Gasteiger partial charge in [0.2, 0.25) is 0 Å². The zero-order chi connectivity index (χ0) is 18.1. The summed E-state index contributed by atoms with van der Waals surface area (Å²) in [5.41, 5.74) is 1.85. The summed E-state index contributed by atoms with van der Waals surface area (Å²) in [6.45, 7) is 4.11. The average molecular weight is 403 g/mol. The third-order valence-electron chi connectivity index (χ3n) is 3.23. The number of rotatable bonds is 8. The summed E-state index contributed by atoms with van der Waals surface area (Å²) in [7, 11) is 1.58. The Morgan fingerprint density at radius 3 is 2.76 bits per heavy atom. The molecule has 0 aliphatic heterocycles. The first-order chi connectivity index (χ1) is 12.1. The molecule has 0 fully saturated rings. The molecule has 0 aliphatic rings. The topological polar surface area (TPSA) is 44.8 Å². The van der Waals surface area contributed by atoms with E-state index in [0.717, 1.165) is 15.6 Å². The molecule has 5 heteroatoms.